The van der Waals surface area contributed by atoms with Crippen LogP contribution in [0.15, 0.2) is 57.6 Å². The van der Waals surface area contributed by atoms with E-state index in [2.05, 4.69) is 10.2 Å². The largest absolute Gasteiger partial charge is 0.497 e. The Kier molecular flexibility index (Phi) is 6.23. The maximum Gasteiger partial charge on any atom is 0.249 e. The summed E-state index contributed by atoms with van der Waals surface area (Å²) in [5.74, 6) is 1.36. The number of carbonyl (C=O) groups excluding carboxylic acids is 1. The number of nitrogens with zero attached hydrogens (tertiary/aromatic N) is 3. The molecule has 1 amide bonds. The SMILES string of the molecule is CCCN(Cc1nnc(-c2ccccc2Cl)o1)C(=O)Cc1coc2cc(OC)ccc12. The zero-order valence-electron chi connectivity index (χ0n) is 17.3. The fraction of sp³-hybridized carbons (Fsp3) is 0.261. The molecule has 4 aromatic rings. The van der Waals surface area contributed by atoms with E-state index < -0.39 is 0 Å². The smallest absolute Gasteiger partial charge is 0.249 e. The maximum absolute atomic E-state index is 13.1. The molecule has 0 N–H and O–H groups in total. The summed E-state index contributed by atoms with van der Waals surface area (Å²) >= 11 is 6.21. The number of hydrogen-bond acceptors (Lipinski definition) is 6. The summed E-state index contributed by atoms with van der Waals surface area (Å²) in [6.07, 6.45) is 2.64. The van der Waals surface area contributed by atoms with Crippen LogP contribution < -0.4 is 4.74 Å². The third-order valence-electron chi connectivity index (χ3n) is 4.95. The molecule has 0 aliphatic carbocycles. The normalized spacial score (nSPS) is 11.1. The number of hydrogen-bond donors (Lipinski definition) is 0. The second-order valence-electron chi connectivity index (χ2n) is 7.10. The molecule has 8 heteroatoms. The zero-order valence-corrected chi connectivity index (χ0v) is 18.1. The maximum atomic E-state index is 13.1. The molecule has 0 unspecified atom stereocenters. The van der Waals surface area contributed by atoms with Crippen LogP contribution in [-0.2, 0) is 17.8 Å². The Morgan fingerprint density at radius 1 is 1.19 bits per heavy atom. The Hall–Kier alpha value is -3.32. The Balaban J connectivity index is 1.50. The highest BCUT2D eigenvalue weighted by molar-refractivity contribution is 6.33. The lowest BCUT2D eigenvalue weighted by atomic mass is 10.1. The Morgan fingerprint density at radius 3 is 2.81 bits per heavy atom. The second-order valence-corrected chi connectivity index (χ2v) is 7.50. The van der Waals surface area contributed by atoms with Gasteiger partial charge in [0.15, 0.2) is 0 Å². The van der Waals surface area contributed by atoms with Crippen molar-refractivity contribution in [2.45, 2.75) is 26.3 Å². The number of amides is 1. The van der Waals surface area contributed by atoms with Gasteiger partial charge in [-0.15, -0.1) is 10.2 Å². The van der Waals surface area contributed by atoms with Gasteiger partial charge in [0, 0.05) is 23.6 Å². The topological polar surface area (TPSA) is 81.6 Å². The van der Waals surface area contributed by atoms with E-state index in [0.717, 1.165) is 17.4 Å². The van der Waals surface area contributed by atoms with Crippen molar-refractivity contribution in [1.82, 2.24) is 15.1 Å². The predicted molar refractivity (Wildman–Crippen MR) is 117 cm³/mol. The van der Waals surface area contributed by atoms with Crippen molar-refractivity contribution in [3.63, 3.8) is 0 Å². The molecule has 0 fully saturated rings. The third kappa shape index (κ3) is 4.56. The lowest BCUT2D eigenvalue weighted by molar-refractivity contribution is -0.131. The monoisotopic (exact) mass is 439 g/mol. The number of halogens is 1. The van der Waals surface area contributed by atoms with E-state index >= 15 is 0 Å². The van der Waals surface area contributed by atoms with E-state index in [4.69, 9.17) is 25.2 Å². The van der Waals surface area contributed by atoms with Crippen LogP contribution in [0, 0.1) is 0 Å². The van der Waals surface area contributed by atoms with Gasteiger partial charge in [0.2, 0.25) is 17.7 Å². The van der Waals surface area contributed by atoms with Crippen molar-refractivity contribution in [2.75, 3.05) is 13.7 Å². The summed E-state index contributed by atoms with van der Waals surface area (Å²) in [5, 5.41) is 9.61. The molecule has 31 heavy (non-hydrogen) atoms. The number of aromatic nitrogens is 2. The van der Waals surface area contributed by atoms with Crippen molar-refractivity contribution in [1.29, 1.82) is 0 Å². The average molecular weight is 440 g/mol. The summed E-state index contributed by atoms with van der Waals surface area (Å²) in [5.41, 5.74) is 2.17. The quantitative estimate of drug-likeness (QED) is 0.378. The first kappa shape index (κ1) is 20.9. The molecule has 4 rings (SSSR count). The molecule has 7 nitrogen and oxygen atoms in total. The fourth-order valence-corrected chi connectivity index (χ4v) is 3.60. The molecule has 0 atom stereocenters. The summed E-state index contributed by atoms with van der Waals surface area (Å²) in [7, 11) is 1.60. The highest BCUT2D eigenvalue weighted by atomic mass is 35.5. The van der Waals surface area contributed by atoms with Crippen molar-refractivity contribution < 1.29 is 18.4 Å². The van der Waals surface area contributed by atoms with Crippen LogP contribution >= 0.6 is 11.6 Å². The lowest BCUT2D eigenvalue weighted by Crippen LogP contribution is -2.32. The molecule has 2 aromatic carbocycles. The van der Waals surface area contributed by atoms with Gasteiger partial charge in [-0.2, -0.15) is 0 Å². The minimum absolute atomic E-state index is 0.0436. The molecule has 0 radical (unpaired) electrons. The van der Waals surface area contributed by atoms with Gasteiger partial charge in [-0.1, -0.05) is 30.7 Å². The van der Waals surface area contributed by atoms with E-state index in [-0.39, 0.29) is 18.9 Å². The minimum Gasteiger partial charge on any atom is -0.497 e. The Labute approximate surface area is 184 Å². The van der Waals surface area contributed by atoms with Gasteiger partial charge in [-0.25, -0.2) is 0 Å². The molecule has 2 aromatic heterocycles. The van der Waals surface area contributed by atoms with Crippen molar-refractivity contribution in [2.24, 2.45) is 0 Å². The number of methoxy groups -OCH3 is 1. The number of rotatable bonds is 8. The lowest BCUT2D eigenvalue weighted by Gasteiger charge is -2.20. The highest BCUT2D eigenvalue weighted by Crippen LogP contribution is 2.28. The van der Waals surface area contributed by atoms with E-state index in [9.17, 15) is 4.79 Å². The van der Waals surface area contributed by atoms with E-state index in [1.54, 1.807) is 24.3 Å². The summed E-state index contributed by atoms with van der Waals surface area (Å²) in [6, 6.07) is 12.8. The molecule has 160 valence electrons. The first-order chi connectivity index (χ1) is 15.1. The molecule has 0 spiro atoms. The van der Waals surface area contributed by atoms with Gasteiger partial charge in [-0.05, 0) is 30.7 Å². The number of furan rings is 1. The molecular weight excluding hydrogens is 418 g/mol. The highest BCUT2D eigenvalue weighted by Gasteiger charge is 2.20. The van der Waals surface area contributed by atoms with Gasteiger partial charge in [0.05, 0.1) is 36.9 Å². The summed E-state index contributed by atoms with van der Waals surface area (Å²) in [4.78, 5) is 14.8. The number of fused-ring (bicyclic) bond motifs is 1. The summed E-state index contributed by atoms with van der Waals surface area (Å²) < 4.78 is 16.6. The van der Waals surface area contributed by atoms with Crippen molar-refractivity contribution in [3.05, 3.63) is 65.2 Å². The predicted octanol–water partition coefficient (Wildman–Crippen LogP) is 5.13. The van der Waals surface area contributed by atoms with Gasteiger partial charge >= 0.3 is 0 Å². The standard InChI is InChI=1S/C23H22ClN3O4/c1-3-10-27(13-21-25-26-23(31-21)18-6-4-5-7-19(18)24)22(28)11-15-14-30-20-12-16(29-2)8-9-17(15)20/h4-9,12,14H,3,10-11,13H2,1-2H3. The van der Waals surface area contributed by atoms with E-state index in [1.807, 2.05) is 43.3 Å². The van der Waals surface area contributed by atoms with Crippen molar-refractivity contribution >= 4 is 28.5 Å². The number of carbonyl (C=O) groups is 1. The van der Waals surface area contributed by atoms with Crippen molar-refractivity contribution in [3.8, 4) is 17.2 Å². The van der Waals surface area contributed by atoms with Crippen LogP contribution in [0.25, 0.3) is 22.4 Å². The molecule has 0 bridgehead atoms. The molecule has 0 aliphatic heterocycles. The number of ether oxygens (including phenoxy) is 1. The second kappa shape index (κ2) is 9.22. The van der Waals surface area contributed by atoms with E-state index in [1.165, 1.54) is 0 Å². The van der Waals surface area contributed by atoms with E-state index in [0.29, 0.717) is 40.2 Å². The molecule has 0 saturated heterocycles. The van der Waals surface area contributed by atoms with Crippen LogP contribution in [0.4, 0.5) is 0 Å². The van der Waals surface area contributed by atoms with Crippen LogP contribution in [0.5, 0.6) is 5.75 Å². The third-order valence-corrected chi connectivity index (χ3v) is 5.28. The van der Waals surface area contributed by atoms with Gasteiger partial charge in [0.25, 0.3) is 0 Å². The number of benzene rings is 2. The first-order valence-electron chi connectivity index (χ1n) is 9.98. The average Bonchev–Trinajstić information content (AvgIpc) is 3.40. The van der Waals surface area contributed by atoms with Crippen LogP contribution in [-0.4, -0.2) is 34.7 Å². The Bertz CT molecular complexity index is 1200. The van der Waals surface area contributed by atoms with Crippen LogP contribution in [0.2, 0.25) is 5.02 Å². The first-order valence-corrected chi connectivity index (χ1v) is 10.4. The molecular formula is C23H22ClN3O4. The molecule has 2 heterocycles. The minimum atomic E-state index is -0.0436. The van der Waals surface area contributed by atoms with Gasteiger partial charge in [0.1, 0.15) is 11.3 Å². The zero-order chi connectivity index (χ0) is 21.8. The van der Waals surface area contributed by atoms with Gasteiger partial charge in [-0.3, -0.25) is 4.79 Å². The van der Waals surface area contributed by atoms with Crippen LogP contribution in [0.1, 0.15) is 24.8 Å². The molecule has 0 aliphatic rings. The summed E-state index contributed by atoms with van der Waals surface area (Å²) in [6.45, 7) is 2.82. The van der Waals surface area contributed by atoms with Crippen LogP contribution in [0.3, 0.4) is 0 Å². The molecule has 0 saturated carbocycles. The fourth-order valence-electron chi connectivity index (χ4n) is 3.39. The van der Waals surface area contributed by atoms with Gasteiger partial charge < -0.3 is 18.5 Å². The Morgan fingerprint density at radius 2 is 2.03 bits per heavy atom.